The van der Waals surface area contributed by atoms with Gasteiger partial charge < -0.3 is 9.64 Å². The van der Waals surface area contributed by atoms with E-state index in [-0.39, 0.29) is 30.0 Å². The summed E-state index contributed by atoms with van der Waals surface area (Å²) in [6.07, 6.45) is 3.04. The Morgan fingerprint density at radius 1 is 1.14 bits per heavy atom. The second-order valence-electron chi connectivity index (χ2n) is 6.96. The summed E-state index contributed by atoms with van der Waals surface area (Å²) < 4.78 is 5.49. The van der Waals surface area contributed by atoms with Crippen molar-refractivity contribution in [2.75, 3.05) is 14.2 Å². The van der Waals surface area contributed by atoms with Gasteiger partial charge in [-0.3, -0.25) is 9.63 Å². The lowest BCUT2D eigenvalue weighted by Gasteiger charge is -2.39. The number of piperidine rings is 1. The van der Waals surface area contributed by atoms with Crippen molar-refractivity contribution in [3.63, 3.8) is 0 Å². The topological polar surface area (TPSA) is 59.1 Å². The van der Waals surface area contributed by atoms with Crippen LogP contribution in [0.4, 0.5) is 4.79 Å². The number of ether oxygens (including phenoxy) is 1. The Morgan fingerprint density at radius 3 is 2.10 bits per heavy atom. The van der Waals surface area contributed by atoms with Crippen molar-refractivity contribution in [3.8, 4) is 0 Å². The monoisotopic (exact) mass is 298 g/mol. The highest BCUT2D eigenvalue weighted by Crippen LogP contribution is 2.40. The maximum Gasteiger partial charge on any atom is 0.410 e. The van der Waals surface area contributed by atoms with Crippen LogP contribution < -0.4 is 0 Å². The minimum absolute atomic E-state index is 0.00163. The van der Waals surface area contributed by atoms with Gasteiger partial charge in [0.25, 0.3) is 0 Å². The maximum atomic E-state index is 12.3. The summed E-state index contributed by atoms with van der Waals surface area (Å²) in [5.74, 6) is -0.0654. The summed E-state index contributed by atoms with van der Waals surface area (Å²) in [5.41, 5.74) is -0.487. The van der Waals surface area contributed by atoms with Gasteiger partial charge in [-0.25, -0.2) is 9.86 Å². The van der Waals surface area contributed by atoms with Crippen LogP contribution in [0.25, 0.3) is 0 Å². The van der Waals surface area contributed by atoms with Gasteiger partial charge in [-0.2, -0.15) is 0 Å². The summed E-state index contributed by atoms with van der Waals surface area (Å²) in [6, 6.07) is 0.218. The molecule has 2 aliphatic rings. The molecule has 2 fully saturated rings. The van der Waals surface area contributed by atoms with Gasteiger partial charge in [0, 0.05) is 25.0 Å². The van der Waals surface area contributed by atoms with E-state index < -0.39 is 5.60 Å². The molecule has 2 saturated heterocycles. The Kier molecular flexibility index (Phi) is 4.46. The second kappa shape index (κ2) is 5.83. The van der Waals surface area contributed by atoms with E-state index in [1.165, 1.54) is 12.2 Å². The first-order chi connectivity index (χ1) is 9.73. The highest BCUT2D eigenvalue weighted by Gasteiger charge is 2.47. The molecule has 2 rings (SSSR count). The zero-order chi connectivity index (χ0) is 15.8. The summed E-state index contributed by atoms with van der Waals surface area (Å²) in [7, 11) is 3.12. The van der Waals surface area contributed by atoms with Crippen molar-refractivity contribution in [3.05, 3.63) is 0 Å². The van der Waals surface area contributed by atoms with Crippen LogP contribution >= 0.6 is 0 Å². The Hall–Kier alpha value is -1.30. The molecule has 2 bridgehead atoms. The lowest BCUT2D eigenvalue weighted by Crippen LogP contribution is -2.50. The Balaban J connectivity index is 2.02. The molecule has 0 N–H and O–H groups in total. The third-order valence-corrected chi connectivity index (χ3v) is 4.27. The van der Waals surface area contributed by atoms with Crippen LogP contribution in [0.2, 0.25) is 0 Å². The normalized spacial score (nSPS) is 28.4. The standard InChI is InChI=1S/C15H26N2O4/c1-15(2,3)21-14(19)17-11-6-7-12(17)9-10(8-11)13(18)16(4)20-5/h10-12H,6-9H2,1-5H3/t10?,11-,12+. The Bertz CT molecular complexity index is 404. The molecule has 120 valence electrons. The zero-order valence-corrected chi connectivity index (χ0v) is 13.6. The molecule has 1 unspecified atom stereocenters. The molecule has 0 radical (unpaired) electrons. The van der Waals surface area contributed by atoms with Crippen LogP contribution in [-0.2, 0) is 14.4 Å². The van der Waals surface area contributed by atoms with Gasteiger partial charge in [0.05, 0.1) is 7.11 Å². The fourth-order valence-electron chi connectivity index (χ4n) is 3.34. The minimum Gasteiger partial charge on any atom is -0.444 e. The van der Waals surface area contributed by atoms with Gasteiger partial charge in [0.2, 0.25) is 5.91 Å². The molecule has 21 heavy (non-hydrogen) atoms. The largest absolute Gasteiger partial charge is 0.444 e. The van der Waals surface area contributed by atoms with Crippen LogP contribution in [0.1, 0.15) is 46.5 Å². The van der Waals surface area contributed by atoms with Crippen molar-refractivity contribution < 1.29 is 19.2 Å². The van der Waals surface area contributed by atoms with Crippen molar-refractivity contribution in [2.45, 2.75) is 64.1 Å². The smallest absolute Gasteiger partial charge is 0.410 e. The quantitative estimate of drug-likeness (QED) is 0.733. The van der Waals surface area contributed by atoms with Crippen LogP contribution in [0, 0.1) is 5.92 Å². The number of carbonyl (C=O) groups excluding carboxylic acids is 2. The first-order valence-corrected chi connectivity index (χ1v) is 7.56. The molecular weight excluding hydrogens is 272 g/mol. The highest BCUT2D eigenvalue weighted by atomic mass is 16.7. The van der Waals surface area contributed by atoms with E-state index in [2.05, 4.69) is 0 Å². The second-order valence-corrected chi connectivity index (χ2v) is 6.96. The van der Waals surface area contributed by atoms with Crippen LogP contribution in [0.15, 0.2) is 0 Å². The highest BCUT2D eigenvalue weighted by molar-refractivity contribution is 5.78. The van der Waals surface area contributed by atoms with Gasteiger partial charge >= 0.3 is 6.09 Å². The number of amides is 2. The molecule has 6 heteroatoms. The maximum absolute atomic E-state index is 12.3. The van der Waals surface area contributed by atoms with Gasteiger partial charge in [-0.05, 0) is 46.5 Å². The van der Waals surface area contributed by atoms with E-state index in [0.29, 0.717) is 12.8 Å². The molecule has 0 aromatic rings. The SMILES string of the molecule is CON(C)C(=O)C1C[C@H]2CC[C@@H](C1)N2C(=O)OC(C)(C)C. The lowest BCUT2D eigenvalue weighted by molar-refractivity contribution is -0.175. The summed E-state index contributed by atoms with van der Waals surface area (Å²) in [4.78, 5) is 31.4. The fourth-order valence-corrected chi connectivity index (χ4v) is 3.34. The molecule has 0 aromatic carbocycles. The van der Waals surface area contributed by atoms with Crippen molar-refractivity contribution in [1.29, 1.82) is 0 Å². The molecule has 0 saturated carbocycles. The average molecular weight is 298 g/mol. The van der Waals surface area contributed by atoms with Crippen molar-refractivity contribution in [2.24, 2.45) is 5.92 Å². The predicted octanol–water partition coefficient (Wildman–Crippen LogP) is 2.18. The van der Waals surface area contributed by atoms with E-state index in [1.54, 1.807) is 7.05 Å². The van der Waals surface area contributed by atoms with Gasteiger partial charge in [-0.15, -0.1) is 0 Å². The number of fused-ring (bicyclic) bond motifs is 2. The molecule has 6 nitrogen and oxygen atoms in total. The molecule has 2 amide bonds. The third kappa shape index (κ3) is 3.48. The first-order valence-electron chi connectivity index (χ1n) is 7.56. The summed E-state index contributed by atoms with van der Waals surface area (Å²) in [5, 5.41) is 1.28. The number of rotatable bonds is 2. The van der Waals surface area contributed by atoms with Crippen LogP contribution in [0.3, 0.4) is 0 Å². The molecule has 2 aliphatic heterocycles. The minimum atomic E-state index is -0.487. The molecule has 0 aliphatic carbocycles. The molecular formula is C15H26N2O4. The summed E-state index contributed by atoms with van der Waals surface area (Å²) >= 11 is 0. The van der Waals surface area contributed by atoms with Crippen molar-refractivity contribution >= 4 is 12.0 Å². The van der Waals surface area contributed by atoms with E-state index in [0.717, 1.165) is 12.8 Å². The molecule has 0 spiro atoms. The Morgan fingerprint density at radius 2 is 1.67 bits per heavy atom. The third-order valence-electron chi connectivity index (χ3n) is 4.27. The molecule has 3 atom stereocenters. The predicted molar refractivity (Wildman–Crippen MR) is 77.4 cm³/mol. The average Bonchev–Trinajstić information content (AvgIpc) is 2.66. The van der Waals surface area contributed by atoms with Crippen molar-refractivity contribution in [1.82, 2.24) is 9.96 Å². The van der Waals surface area contributed by atoms with Gasteiger partial charge in [0.1, 0.15) is 5.60 Å². The zero-order valence-electron chi connectivity index (χ0n) is 13.6. The number of hydroxylamine groups is 2. The van der Waals surface area contributed by atoms with E-state index >= 15 is 0 Å². The number of hydrogen-bond acceptors (Lipinski definition) is 4. The number of hydrogen-bond donors (Lipinski definition) is 0. The first kappa shape index (κ1) is 16.1. The van der Waals surface area contributed by atoms with E-state index in [9.17, 15) is 9.59 Å². The van der Waals surface area contributed by atoms with Crippen LogP contribution in [0.5, 0.6) is 0 Å². The number of carbonyl (C=O) groups is 2. The number of nitrogens with zero attached hydrogens (tertiary/aromatic N) is 2. The van der Waals surface area contributed by atoms with Gasteiger partial charge in [0.15, 0.2) is 0 Å². The fraction of sp³-hybridized carbons (Fsp3) is 0.867. The summed E-state index contributed by atoms with van der Waals surface area (Å²) in [6.45, 7) is 5.61. The molecule has 0 aromatic heterocycles. The van der Waals surface area contributed by atoms with Gasteiger partial charge in [-0.1, -0.05) is 0 Å². The van der Waals surface area contributed by atoms with E-state index in [1.807, 2.05) is 25.7 Å². The Labute approximate surface area is 126 Å². The molecule has 2 heterocycles. The lowest BCUT2D eigenvalue weighted by atomic mass is 9.90. The van der Waals surface area contributed by atoms with Crippen LogP contribution in [-0.4, -0.2) is 53.8 Å². The van der Waals surface area contributed by atoms with E-state index in [4.69, 9.17) is 9.57 Å².